The van der Waals surface area contributed by atoms with Gasteiger partial charge in [-0.15, -0.1) is 0 Å². The van der Waals surface area contributed by atoms with Crippen molar-refractivity contribution in [2.45, 2.75) is 47.3 Å². The van der Waals surface area contributed by atoms with Gasteiger partial charge in [0.2, 0.25) is 0 Å². The van der Waals surface area contributed by atoms with Crippen molar-refractivity contribution in [2.75, 3.05) is 0 Å². The molecule has 0 fully saturated rings. The van der Waals surface area contributed by atoms with Crippen molar-refractivity contribution in [2.24, 2.45) is 0 Å². The summed E-state index contributed by atoms with van der Waals surface area (Å²) >= 11 is 0. The lowest BCUT2D eigenvalue weighted by molar-refractivity contribution is 1.22. The lowest BCUT2D eigenvalue weighted by Crippen LogP contribution is -2.41. The predicted molar refractivity (Wildman–Crippen MR) is 124 cm³/mol. The van der Waals surface area contributed by atoms with E-state index in [1.807, 2.05) is 0 Å². The van der Waals surface area contributed by atoms with E-state index in [2.05, 4.69) is 88.7 Å². The molecule has 0 aliphatic heterocycles. The summed E-state index contributed by atoms with van der Waals surface area (Å²) in [5.74, 6) is 0. The van der Waals surface area contributed by atoms with Gasteiger partial charge in [-0.1, -0.05) is 59.7 Å². The Labute approximate surface area is 168 Å². The van der Waals surface area contributed by atoms with Gasteiger partial charge >= 0.3 is 0 Å². The lowest BCUT2D eigenvalue weighted by Gasteiger charge is -2.24. The second-order valence-corrected chi connectivity index (χ2v) is 14.1. The average molecular weight is 385 g/mol. The van der Waals surface area contributed by atoms with Crippen LogP contribution in [-0.4, -0.2) is 18.0 Å². The van der Waals surface area contributed by atoms with Gasteiger partial charge in [0.25, 0.3) is 0 Å². The quantitative estimate of drug-likeness (QED) is 0.302. The van der Waals surface area contributed by atoms with Crippen LogP contribution in [0.15, 0.2) is 42.7 Å². The molecule has 1 aromatic heterocycles. The van der Waals surface area contributed by atoms with Crippen LogP contribution in [0.2, 0.25) is 19.6 Å². The van der Waals surface area contributed by atoms with Gasteiger partial charge in [0, 0.05) is 16.3 Å². The number of benzene rings is 3. The Morgan fingerprint density at radius 1 is 0.786 bits per heavy atom. The fourth-order valence-electron chi connectivity index (χ4n) is 4.88. The van der Waals surface area contributed by atoms with Crippen LogP contribution in [0.5, 0.6) is 0 Å². The molecular weight excluding hydrogens is 356 g/mol. The van der Waals surface area contributed by atoms with Crippen molar-refractivity contribution in [1.82, 2.24) is 9.97 Å². The first-order valence-corrected chi connectivity index (χ1v) is 13.4. The van der Waals surface area contributed by atoms with E-state index in [9.17, 15) is 0 Å². The second kappa shape index (κ2) is 6.52. The molecule has 0 spiro atoms. The maximum atomic E-state index is 4.76. The number of nitrogens with zero attached hydrogens (tertiary/aromatic N) is 2. The predicted octanol–water partition coefficient (Wildman–Crippen LogP) is 6.23. The van der Waals surface area contributed by atoms with Crippen LogP contribution >= 0.6 is 0 Å². The minimum absolute atomic E-state index is 1.02. The minimum atomic E-state index is -1.46. The van der Waals surface area contributed by atoms with E-state index in [1.54, 1.807) is 11.5 Å². The molecule has 3 heteroatoms. The van der Waals surface area contributed by atoms with Crippen LogP contribution in [0, 0.1) is 27.7 Å². The van der Waals surface area contributed by atoms with Gasteiger partial charge in [-0.3, -0.25) is 0 Å². The summed E-state index contributed by atoms with van der Waals surface area (Å²) in [6, 6.07) is 13.4. The molecule has 4 aromatic rings. The maximum absolute atomic E-state index is 4.76. The molecule has 1 heterocycles. The van der Waals surface area contributed by atoms with Gasteiger partial charge in [0.1, 0.15) is 6.33 Å². The monoisotopic (exact) mass is 384 g/mol. The van der Waals surface area contributed by atoms with Gasteiger partial charge < -0.3 is 0 Å². The van der Waals surface area contributed by atoms with E-state index >= 15 is 0 Å². The van der Waals surface area contributed by atoms with Crippen molar-refractivity contribution in [3.05, 3.63) is 65.0 Å². The zero-order valence-corrected chi connectivity index (χ0v) is 18.9. The third kappa shape index (κ3) is 3.04. The highest BCUT2D eigenvalue weighted by atomic mass is 28.3. The van der Waals surface area contributed by atoms with Crippen molar-refractivity contribution in [1.29, 1.82) is 0 Å². The molecule has 0 amide bonds. The first-order chi connectivity index (χ1) is 13.2. The summed E-state index contributed by atoms with van der Waals surface area (Å²) in [4.78, 5) is 9.44. The summed E-state index contributed by atoms with van der Waals surface area (Å²) in [5.41, 5.74) is 8.58. The SMILES string of the molecule is Cc1cc(C)cc(-c2ncnc3c2ccc2cc(C)c([Si](C)(C)C)c(C)c23)c1. The standard InChI is InChI=1S/C25H28N2Si/c1-15-10-16(2)12-20(11-15)23-21-9-8-19-13-17(3)25(28(5,6)7)18(4)22(19)24(21)27-14-26-23/h8-14H,1-7H3. The van der Waals surface area contributed by atoms with Crippen LogP contribution < -0.4 is 5.19 Å². The number of hydrogen-bond donors (Lipinski definition) is 0. The molecule has 0 bridgehead atoms. The Bertz CT molecular complexity index is 1210. The molecule has 0 unspecified atom stereocenters. The van der Waals surface area contributed by atoms with Gasteiger partial charge in [-0.25, -0.2) is 9.97 Å². The highest BCUT2D eigenvalue weighted by Gasteiger charge is 2.23. The second-order valence-electron chi connectivity index (χ2n) is 9.10. The Kier molecular flexibility index (Phi) is 4.39. The van der Waals surface area contributed by atoms with Crippen LogP contribution in [0.4, 0.5) is 0 Å². The van der Waals surface area contributed by atoms with E-state index in [1.165, 1.54) is 38.6 Å². The van der Waals surface area contributed by atoms with E-state index in [4.69, 9.17) is 4.98 Å². The molecule has 28 heavy (non-hydrogen) atoms. The van der Waals surface area contributed by atoms with E-state index in [0.29, 0.717) is 0 Å². The molecule has 0 aliphatic rings. The van der Waals surface area contributed by atoms with Gasteiger partial charge in [-0.2, -0.15) is 0 Å². The maximum Gasteiger partial charge on any atom is 0.116 e. The van der Waals surface area contributed by atoms with Crippen molar-refractivity contribution in [3.8, 4) is 11.3 Å². The molecule has 142 valence electrons. The fraction of sp³-hybridized carbons (Fsp3) is 0.280. The summed E-state index contributed by atoms with van der Waals surface area (Å²) in [6.45, 7) is 16.1. The third-order valence-corrected chi connectivity index (χ3v) is 7.87. The van der Waals surface area contributed by atoms with Crippen molar-refractivity contribution < 1.29 is 0 Å². The number of rotatable bonds is 2. The van der Waals surface area contributed by atoms with E-state index in [0.717, 1.165) is 16.6 Å². The molecule has 0 saturated carbocycles. The van der Waals surface area contributed by atoms with Crippen LogP contribution in [0.3, 0.4) is 0 Å². The third-order valence-electron chi connectivity index (χ3n) is 5.60. The lowest BCUT2D eigenvalue weighted by atomic mass is 9.96. The smallest absolute Gasteiger partial charge is 0.116 e. The van der Waals surface area contributed by atoms with E-state index < -0.39 is 8.07 Å². The highest BCUT2D eigenvalue weighted by Crippen LogP contribution is 2.33. The number of aryl methyl sites for hydroxylation is 4. The Morgan fingerprint density at radius 3 is 2.11 bits per heavy atom. The summed E-state index contributed by atoms with van der Waals surface area (Å²) in [6.07, 6.45) is 1.72. The molecule has 3 aromatic carbocycles. The Morgan fingerprint density at radius 2 is 1.46 bits per heavy atom. The zero-order valence-electron chi connectivity index (χ0n) is 17.9. The summed E-state index contributed by atoms with van der Waals surface area (Å²) < 4.78 is 0. The first kappa shape index (κ1) is 18.8. The van der Waals surface area contributed by atoms with Gasteiger partial charge in [-0.05, 0) is 56.8 Å². The highest BCUT2D eigenvalue weighted by molar-refractivity contribution is 6.89. The van der Waals surface area contributed by atoms with Crippen LogP contribution in [-0.2, 0) is 0 Å². The van der Waals surface area contributed by atoms with Crippen molar-refractivity contribution >= 4 is 34.9 Å². The van der Waals surface area contributed by atoms with Crippen LogP contribution in [0.1, 0.15) is 22.3 Å². The topological polar surface area (TPSA) is 25.8 Å². The fourth-order valence-corrected chi connectivity index (χ4v) is 7.39. The molecule has 0 saturated heterocycles. The number of aromatic nitrogens is 2. The van der Waals surface area contributed by atoms with E-state index in [-0.39, 0.29) is 0 Å². The molecule has 2 nitrogen and oxygen atoms in total. The van der Waals surface area contributed by atoms with Gasteiger partial charge in [0.15, 0.2) is 0 Å². The number of hydrogen-bond acceptors (Lipinski definition) is 2. The molecule has 0 atom stereocenters. The Balaban J connectivity index is 2.12. The minimum Gasteiger partial charge on any atom is -0.236 e. The Hall–Kier alpha value is -2.52. The normalized spacial score (nSPS) is 12.1. The molecule has 0 aliphatic carbocycles. The average Bonchev–Trinajstić information content (AvgIpc) is 2.58. The molecule has 4 rings (SSSR count). The summed E-state index contributed by atoms with van der Waals surface area (Å²) in [7, 11) is -1.46. The van der Waals surface area contributed by atoms with Crippen LogP contribution in [0.25, 0.3) is 32.9 Å². The zero-order chi connectivity index (χ0) is 20.2. The molecule has 0 N–H and O–H groups in total. The largest absolute Gasteiger partial charge is 0.236 e. The molecular formula is C25H28N2Si. The first-order valence-electron chi connectivity index (χ1n) is 9.93. The summed E-state index contributed by atoms with van der Waals surface area (Å²) in [5, 5.41) is 5.25. The number of fused-ring (bicyclic) bond motifs is 3. The van der Waals surface area contributed by atoms with Crippen molar-refractivity contribution in [3.63, 3.8) is 0 Å². The van der Waals surface area contributed by atoms with Gasteiger partial charge in [0.05, 0.1) is 19.3 Å². The molecule has 0 radical (unpaired) electrons.